The van der Waals surface area contributed by atoms with E-state index in [1.165, 1.54) is 25.9 Å². The van der Waals surface area contributed by atoms with Crippen molar-refractivity contribution >= 4 is 15.9 Å². The van der Waals surface area contributed by atoms with Crippen molar-refractivity contribution in [1.29, 1.82) is 0 Å². The third kappa shape index (κ3) is 1.96. The van der Waals surface area contributed by atoms with Crippen LogP contribution in [0.3, 0.4) is 0 Å². The molecule has 2 unspecified atom stereocenters. The number of hydrogen-bond donors (Lipinski definition) is 0. The van der Waals surface area contributed by atoms with Gasteiger partial charge in [-0.15, -0.1) is 0 Å². The maximum Gasteiger partial charge on any atom is 0.0288 e. The zero-order valence-corrected chi connectivity index (χ0v) is 8.39. The molecule has 0 spiro atoms. The summed E-state index contributed by atoms with van der Waals surface area (Å²) in [6.07, 6.45) is 2.60. The van der Waals surface area contributed by atoms with Crippen LogP contribution in [0.25, 0.3) is 0 Å². The van der Waals surface area contributed by atoms with E-state index < -0.39 is 0 Å². The molecule has 0 amide bonds. The lowest BCUT2D eigenvalue weighted by molar-refractivity contribution is 0.270. The van der Waals surface area contributed by atoms with Crippen molar-refractivity contribution in [3.05, 3.63) is 0 Å². The summed E-state index contributed by atoms with van der Waals surface area (Å²) < 4.78 is 0. The summed E-state index contributed by atoms with van der Waals surface area (Å²) in [4.78, 5) is 3.30. The van der Waals surface area contributed by atoms with Crippen molar-refractivity contribution in [2.75, 3.05) is 13.1 Å². The molecule has 0 saturated carbocycles. The van der Waals surface area contributed by atoms with Crippen molar-refractivity contribution in [3.63, 3.8) is 0 Å². The van der Waals surface area contributed by atoms with E-state index in [1.807, 2.05) is 0 Å². The second-order valence-corrected chi connectivity index (χ2v) is 4.47. The van der Waals surface area contributed by atoms with Crippen molar-refractivity contribution in [2.24, 2.45) is 0 Å². The Labute approximate surface area is 71.9 Å². The van der Waals surface area contributed by atoms with Gasteiger partial charge >= 0.3 is 0 Å². The Hall–Kier alpha value is 0.440. The highest BCUT2D eigenvalue weighted by Gasteiger charge is 2.25. The highest BCUT2D eigenvalue weighted by Crippen LogP contribution is 2.22. The van der Waals surface area contributed by atoms with Gasteiger partial charge in [0.05, 0.1) is 0 Å². The van der Waals surface area contributed by atoms with Gasteiger partial charge in [-0.2, -0.15) is 0 Å². The molecule has 1 aliphatic heterocycles. The standard InChI is InChI=1S/C8H16BrN/c1-3-4-10-6-8(9)5-7(10)2/h7-8H,3-6H2,1-2H3. The van der Waals surface area contributed by atoms with Crippen molar-refractivity contribution < 1.29 is 0 Å². The van der Waals surface area contributed by atoms with Gasteiger partial charge in [-0.25, -0.2) is 0 Å². The molecule has 0 aliphatic carbocycles. The molecule has 0 aromatic heterocycles. The molecule has 60 valence electrons. The van der Waals surface area contributed by atoms with Crippen LogP contribution in [0.15, 0.2) is 0 Å². The Bertz CT molecular complexity index is 105. The maximum atomic E-state index is 3.65. The second kappa shape index (κ2) is 3.72. The summed E-state index contributed by atoms with van der Waals surface area (Å²) in [5, 5.41) is 0. The Morgan fingerprint density at radius 2 is 2.30 bits per heavy atom. The number of hydrogen-bond acceptors (Lipinski definition) is 1. The van der Waals surface area contributed by atoms with Crippen LogP contribution in [-0.2, 0) is 0 Å². The highest BCUT2D eigenvalue weighted by atomic mass is 79.9. The first-order valence-electron chi connectivity index (χ1n) is 4.12. The minimum atomic E-state index is 0.744. The van der Waals surface area contributed by atoms with E-state index in [0.29, 0.717) is 0 Å². The monoisotopic (exact) mass is 205 g/mol. The van der Waals surface area contributed by atoms with E-state index in [0.717, 1.165) is 10.9 Å². The number of rotatable bonds is 2. The van der Waals surface area contributed by atoms with Gasteiger partial charge in [-0.1, -0.05) is 22.9 Å². The molecule has 0 N–H and O–H groups in total. The fourth-order valence-corrected chi connectivity index (χ4v) is 2.54. The third-order valence-corrected chi connectivity index (χ3v) is 2.83. The van der Waals surface area contributed by atoms with Gasteiger partial charge in [0, 0.05) is 17.4 Å². The van der Waals surface area contributed by atoms with Crippen LogP contribution in [0.4, 0.5) is 0 Å². The van der Waals surface area contributed by atoms with Crippen LogP contribution in [0.1, 0.15) is 26.7 Å². The molecule has 1 fully saturated rings. The van der Waals surface area contributed by atoms with Crippen LogP contribution in [0.2, 0.25) is 0 Å². The lowest BCUT2D eigenvalue weighted by Gasteiger charge is -2.19. The van der Waals surface area contributed by atoms with Crippen molar-refractivity contribution in [1.82, 2.24) is 4.90 Å². The Morgan fingerprint density at radius 3 is 2.70 bits per heavy atom. The highest BCUT2D eigenvalue weighted by molar-refractivity contribution is 9.09. The first-order valence-corrected chi connectivity index (χ1v) is 5.03. The fraction of sp³-hybridized carbons (Fsp3) is 1.00. The zero-order valence-electron chi connectivity index (χ0n) is 6.81. The molecule has 1 saturated heterocycles. The van der Waals surface area contributed by atoms with Gasteiger partial charge in [-0.05, 0) is 26.3 Å². The SMILES string of the molecule is CCCN1CC(Br)CC1C. The number of halogens is 1. The average molecular weight is 206 g/mol. The van der Waals surface area contributed by atoms with Gasteiger partial charge < -0.3 is 0 Å². The van der Waals surface area contributed by atoms with Gasteiger partial charge in [-0.3, -0.25) is 4.90 Å². The molecular formula is C8H16BrN. The first-order chi connectivity index (χ1) is 4.74. The minimum Gasteiger partial charge on any atom is -0.300 e. The van der Waals surface area contributed by atoms with E-state index in [9.17, 15) is 0 Å². The zero-order chi connectivity index (χ0) is 7.56. The largest absolute Gasteiger partial charge is 0.300 e. The van der Waals surface area contributed by atoms with Gasteiger partial charge in [0.2, 0.25) is 0 Å². The van der Waals surface area contributed by atoms with E-state index in [4.69, 9.17) is 0 Å². The summed E-state index contributed by atoms with van der Waals surface area (Å²) in [5.74, 6) is 0. The summed E-state index contributed by atoms with van der Waals surface area (Å²) in [5.41, 5.74) is 0. The van der Waals surface area contributed by atoms with Crippen LogP contribution in [0, 0.1) is 0 Å². The smallest absolute Gasteiger partial charge is 0.0288 e. The summed E-state index contributed by atoms with van der Waals surface area (Å²) in [7, 11) is 0. The number of likely N-dealkylation sites (tertiary alicyclic amines) is 1. The molecule has 1 rings (SSSR count). The molecule has 0 aromatic rings. The molecule has 1 aliphatic rings. The molecule has 0 radical (unpaired) electrons. The molecule has 0 aromatic carbocycles. The van der Waals surface area contributed by atoms with E-state index in [2.05, 4.69) is 34.7 Å². The van der Waals surface area contributed by atoms with Gasteiger partial charge in [0.15, 0.2) is 0 Å². The lowest BCUT2D eigenvalue weighted by atomic mass is 10.2. The molecule has 2 heteroatoms. The van der Waals surface area contributed by atoms with Crippen LogP contribution < -0.4 is 0 Å². The van der Waals surface area contributed by atoms with E-state index >= 15 is 0 Å². The molecule has 1 heterocycles. The molecule has 0 bridgehead atoms. The van der Waals surface area contributed by atoms with E-state index in [-0.39, 0.29) is 0 Å². The lowest BCUT2D eigenvalue weighted by Crippen LogP contribution is -2.27. The van der Waals surface area contributed by atoms with Crippen molar-refractivity contribution in [2.45, 2.75) is 37.6 Å². The second-order valence-electron chi connectivity index (χ2n) is 3.18. The summed E-state index contributed by atoms with van der Waals surface area (Å²) in [6, 6.07) is 0.796. The molecule has 2 atom stereocenters. The summed E-state index contributed by atoms with van der Waals surface area (Å²) >= 11 is 3.65. The number of alkyl halides is 1. The predicted molar refractivity (Wildman–Crippen MR) is 48.7 cm³/mol. The number of nitrogens with zero attached hydrogens (tertiary/aromatic N) is 1. The Kier molecular flexibility index (Phi) is 3.18. The van der Waals surface area contributed by atoms with Crippen molar-refractivity contribution in [3.8, 4) is 0 Å². The maximum absolute atomic E-state index is 3.65. The molecule has 10 heavy (non-hydrogen) atoms. The van der Waals surface area contributed by atoms with Crippen LogP contribution in [0.5, 0.6) is 0 Å². The van der Waals surface area contributed by atoms with E-state index in [1.54, 1.807) is 0 Å². The summed E-state index contributed by atoms with van der Waals surface area (Å²) in [6.45, 7) is 7.07. The predicted octanol–water partition coefficient (Wildman–Crippen LogP) is 2.25. The van der Waals surface area contributed by atoms with Gasteiger partial charge in [0.1, 0.15) is 0 Å². The molecule has 1 nitrogen and oxygen atoms in total. The third-order valence-electron chi connectivity index (χ3n) is 2.16. The first kappa shape index (κ1) is 8.54. The quantitative estimate of drug-likeness (QED) is 0.626. The average Bonchev–Trinajstić information content (AvgIpc) is 2.13. The molecular weight excluding hydrogens is 190 g/mol. The van der Waals surface area contributed by atoms with Crippen LogP contribution in [-0.4, -0.2) is 28.9 Å². The Morgan fingerprint density at radius 1 is 1.60 bits per heavy atom. The fourth-order valence-electron chi connectivity index (χ4n) is 1.63. The Balaban J connectivity index is 2.31. The normalized spacial score (nSPS) is 35.1. The minimum absolute atomic E-state index is 0.744. The topological polar surface area (TPSA) is 3.24 Å². The van der Waals surface area contributed by atoms with Gasteiger partial charge in [0.25, 0.3) is 0 Å². The van der Waals surface area contributed by atoms with Crippen LogP contribution >= 0.6 is 15.9 Å².